The van der Waals surface area contributed by atoms with Crippen LogP contribution in [0.5, 0.6) is 0 Å². The average molecular weight is 364 g/mol. The predicted octanol–water partition coefficient (Wildman–Crippen LogP) is 1.18. The number of amides is 1. The fourth-order valence-electron chi connectivity index (χ4n) is 3.00. The quantitative estimate of drug-likeness (QED) is 0.743. The number of aromatic nitrogens is 5. The summed E-state index contributed by atoms with van der Waals surface area (Å²) in [6, 6.07) is 10.4. The average Bonchev–Trinajstić information content (AvgIpc) is 3.16. The Kier molecular flexibility index (Phi) is 4.65. The van der Waals surface area contributed by atoms with E-state index >= 15 is 0 Å². The van der Waals surface area contributed by atoms with E-state index in [0.29, 0.717) is 11.6 Å². The second kappa shape index (κ2) is 7.40. The van der Waals surface area contributed by atoms with Gasteiger partial charge in [0.15, 0.2) is 5.69 Å². The van der Waals surface area contributed by atoms with E-state index in [4.69, 9.17) is 0 Å². The van der Waals surface area contributed by atoms with Crippen LogP contribution in [0, 0.1) is 0 Å². The van der Waals surface area contributed by atoms with Crippen LogP contribution in [-0.4, -0.2) is 57.0 Å². The molecule has 0 spiro atoms. The van der Waals surface area contributed by atoms with Gasteiger partial charge in [0, 0.05) is 38.9 Å². The van der Waals surface area contributed by atoms with Crippen molar-refractivity contribution in [1.82, 2.24) is 25.0 Å². The number of hydrogen-bond donors (Lipinski definition) is 1. The number of nitrogens with one attached hydrogen (secondary N) is 1. The Bertz CT molecular complexity index is 901. The molecule has 0 radical (unpaired) electrons. The van der Waals surface area contributed by atoms with E-state index in [2.05, 4.69) is 59.7 Å². The third-order valence-corrected chi connectivity index (χ3v) is 4.42. The Hall–Kier alpha value is -3.49. The van der Waals surface area contributed by atoms with Crippen molar-refractivity contribution in [2.45, 2.75) is 0 Å². The summed E-state index contributed by atoms with van der Waals surface area (Å²) in [7, 11) is 1.71. The van der Waals surface area contributed by atoms with Gasteiger partial charge in [-0.2, -0.15) is 0 Å². The molecule has 1 N–H and O–H groups in total. The van der Waals surface area contributed by atoms with Crippen LogP contribution in [0.2, 0.25) is 0 Å². The molecule has 1 aromatic carbocycles. The molecule has 27 heavy (non-hydrogen) atoms. The molecule has 9 heteroatoms. The number of hydrogen-bond acceptors (Lipinski definition) is 7. The number of carbonyl (C=O) groups is 1. The molecule has 1 aliphatic heterocycles. The molecule has 138 valence electrons. The van der Waals surface area contributed by atoms with Gasteiger partial charge < -0.3 is 15.1 Å². The van der Waals surface area contributed by atoms with Gasteiger partial charge in [0.05, 0.1) is 24.3 Å². The first-order valence-corrected chi connectivity index (χ1v) is 8.74. The lowest BCUT2D eigenvalue weighted by molar-refractivity contribution is 0.102. The van der Waals surface area contributed by atoms with Crippen molar-refractivity contribution in [2.24, 2.45) is 7.05 Å². The molecule has 3 heterocycles. The third-order valence-electron chi connectivity index (χ3n) is 4.42. The van der Waals surface area contributed by atoms with Gasteiger partial charge >= 0.3 is 0 Å². The van der Waals surface area contributed by atoms with Crippen molar-refractivity contribution in [1.29, 1.82) is 0 Å². The van der Waals surface area contributed by atoms with Crippen LogP contribution >= 0.6 is 0 Å². The summed E-state index contributed by atoms with van der Waals surface area (Å²) in [5.41, 5.74) is 2.01. The first-order valence-electron chi connectivity index (χ1n) is 8.74. The van der Waals surface area contributed by atoms with Gasteiger partial charge in [-0.15, -0.1) is 5.10 Å². The summed E-state index contributed by atoms with van der Waals surface area (Å²) < 4.78 is 1.48. The molecule has 0 saturated carbocycles. The molecule has 0 bridgehead atoms. The minimum atomic E-state index is -0.337. The van der Waals surface area contributed by atoms with E-state index in [1.807, 2.05) is 6.07 Å². The van der Waals surface area contributed by atoms with Crippen LogP contribution in [0.25, 0.3) is 0 Å². The molecule has 1 fully saturated rings. The third kappa shape index (κ3) is 3.86. The van der Waals surface area contributed by atoms with Gasteiger partial charge in [-0.1, -0.05) is 23.4 Å². The molecule has 1 amide bonds. The van der Waals surface area contributed by atoms with Crippen LogP contribution in [0.15, 0.2) is 48.9 Å². The van der Waals surface area contributed by atoms with Gasteiger partial charge in [-0.25, -0.2) is 9.97 Å². The van der Waals surface area contributed by atoms with Gasteiger partial charge in [0.25, 0.3) is 5.91 Å². The summed E-state index contributed by atoms with van der Waals surface area (Å²) in [4.78, 5) is 25.4. The van der Waals surface area contributed by atoms with Crippen LogP contribution in [-0.2, 0) is 7.05 Å². The highest BCUT2D eigenvalue weighted by Crippen LogP contribution is 2.18. The van der Waals surface area contributed by atoms with Crippen molar-refractivity contribution in [3.8, 4) is 0 Å². The Morgan fingerprint density at radius 3 is 2.30 bits per heavy atom. The minimum Gasteiger partial charge on any atom is -0.368 e. The highest BCUT2D eigenvalue weighted by atomic mass is 16.2. The molecule has 0 unspecified atom stereocenters. The van der Waals surface area contributed by atoms with Gasteiger partial charge in [0.1, 0.15) is 0 Å². The SMILES string of the molecule is Cn1cc(C(=O)Nc2cnc(N3CCN(c4ccccc4)CC3)nc2)nn1. The number of aryl methyl sites for hydroxylation is 1. The predicted molar refractivity (Wildman–Crippen MR) is 102 cm³/mol. The van der Waals surface area contributed by atoms with Crippen molar-refractivity contribution in [3.05, 3.63) is 54.6 Å². The fourth-order valence-corrected chi connectivity index (χ4v) is 3.00. The molecule has 4 rings (SSSR count). The number of benzene rings is 1. The summed E-state index contributed by atoms with van der Waals surface area (Å²) in [5.74, 6) is 0.330. The van der Waals surface area contributed by atoms with Crippen LogP contribution in [0.3, 0.4) is 0 Å². The molecule has 0 aliphatic carbocycles. The lowest BCUT2D eigenvalue weighted by Crippen LogP contribution is -2.47. The second-order valence-electron chi connectivity index (χ2n) is 6.31. The molecular formula is C18H20N8O. The Balaban J connectivity index is 1.35. The van der Waals surface area contributed by atoms with E-state index in [1.165, 1.54) is 10.4 Å². The number of nitrogens with zero attached hydrogens (tertiary/aromatic N) is 7. The topological polar surface area (TPSA) is 92.1 Å². The van der Waals surface area contributed by atoms with Crippen molar-refractivity contribution in [3.63, 3.8) is 0 Å². The van der Waals surface area contributed by atoms with E-state index in [1.54, 1.807) is 25.6 Å². The summed E-state index contributed by atoms with van der Waals surface area (Å²) >= 11 is 0. The summed E-state index contributed by atoms with van der Waals surface area (Å²) in [6.07, 6.45) is 4.77. The normalized spacial score (nSPS) is 14.3. The lowest BCUT2D eigenvalue weighted by Gasteiger charge is -2.36. The van der Waals surface area contributed by atoms with Crippen LogP contribution in [0.4, 0.5) is 17.3 Å². The molecule has 2 aromatic heterocycles. The molecule has 1 saturated heterocycles. The minimum absolute atomic E-state index is 0.249. The largest absolute Gasteiger partial charge is 0.368 e. The van der Waals surface area contributed by atoms with Crippen molar-refractivity contribution >= 4 is 23.2 Å². The zero-order chi connectivity index (χ0) is 18.6. The smallest absolute Gasteiger partial charge is 0.277 e. The summed E-state index contributed by atoms with van der Waals surface area (Å²) in [5, 5.41) is 10.3. The molecular weight excluding hydrogens is 344 g/mol. The maximum absolute atomic E-state index is 12.1. The highest BCUT2D eigenvalue weighted by molar-refractivity contribution is 6.02. The standard InChI is InChI=1S/C18H20N8O/c1-24-13-16(22-23-24)17(27)21-14-11-19-18(20-12-14)26-9-7-25(8-10-26)15-5-3-2-4-6-15/h2-6,11-13H,7-10H2,1H3,(H,21,27). The monoisotopic (exact) mass is 364 g/mol. The molecule has 3 aromatic rings. The second-order valence-corrected chi connectivity index (χ2v) is 6.31. The number of piperazine rings is 1. The molecule has 0 atom stereocenters. The molecule has 1 aliphatic rings. The maximum atomic E-state index is 12.1. The van der Waals surface area contributed by atoms with Crippen LogP contribution < -0.4 is 15.1 Å². The molecule has 9 nitrogen and oxygen atoms in total. The van der Waals surface area contributed by atoms with E-state index in [-0.39, 0.29) is 11.6 Å². The zero-order valence-corrected chi connectivity index (χ0v) is 15.0. The van der Waals surface area contributed by atoms with E-state index in [9.17, 15) is 4.79 Å². The van der Waals surface area contributed by atoms with Crippen LogP contribution in [0.1, 0.15) is 10.5 Å². The Labute approximate surface area is 156 Å². The first kappa shape index (κ1) is 17.0. The number of carbonyl (C=O) groups excluding carboxylic acids is 1. The lowest BCUT2D eigenvalue weighted by atomic mass is 10.2. The van der Waals surface area contributed by atoms with Crippen molar-refractivity contribution in [2.75, 3.05) is 41.3 Å². The summed E-state index contributed by atoms with van der Waals surface area (Å²) in [6.45, 7) is 3.53. The highest BCUT2D eigenvalue weighted by Gasteiger charge is 2.19. The van der Waals surface area contributed by atoms with Crippen molar-refractivity contribution < 1.29 is 4.79 Å². The van der Waals surface area contributed by atoms with Gasteiger partial charge in [0.2, 0.25) is 5.95 Å². The number of anilines is 3. The van der Waals surface area contributed by atoms with Gasteiger partial charge in [-0.05, 0) is 12.1 Å². The Morgan fingerprint density at radius 1 is 1.00 bits per heavy atom. The zero-order valence-electron chi connectivity index (χ0n) is 15.0. The fraction of sp³-hybridized carbons (Fsp3) is 0.278. The van der Waals surface area contributed by atoms with E-state index in [0.717, 1.165) is 26.2 Å². The first-order chi connectivity index (χ1) is 13.2. The number of rotatable bonds is 4. The van der Waals surface area contributed by atoms with E-state index < -0.39 is 0 Å². The maximum Gasteiger partial charge on any atom is 0.277 e. The Morgan fingerprint density at radius 2 is 1.67 bits per heavy atom. The number of para-hydroxylation sites is 1. The van der Waals surface area contributed by atoms with Gasteiger partial charge in [-0.3, -0.25) is 9.48 Å².